The van der Waals surface area contributed by atoms with Gasteiger partial charge in [-0.1, -0.05) is 13.8 Å². The van der Waals surface area contributed by atoms with Crippen LogP contribution < -0.4 is 10.0 Å². The van der Waals surface area contributed by atoms with E-state index >= 15 is 0 Å². The van der Waals surface area contributed by atoms with Gasteiger partial charge in [-0.15, -0.1) is 12.4 Å². The predicted molar refractivity (Wildman–Crippen MR) is 64.9 cm³/mol. The first-order valence-electron chi connectivity index (χ1n) is 4.99. The summed E-state index contributed by atoms with van der Waals surface area (Å²) in [6, 6.07) is 0.242. The number of nitrogens with one attached hydrogen (secondary N) is 2. The van der Waals surface area contributed by atoms with Gasteiger partial charge in [0.05, 0.1) is 6.26 Å². The van der Waals surface area contributed by atoms with Crippen LogP contribution >= 0.6 is 12.4 Å². The van der Waals surface area contributed by atoms with Crippen molar-refractivity contribution in [1.29, 1.82) is 0 Å². The lowest BCUT2D eigenvalue weighted by Gasteiger charge is -2.39. The van der Waals surface area contributed by atoms with E-state index in [0.717, 1.165) is 13.0 Å². The highest BCUT2D eigenvalue weighted by Crippen LogP contribution is 2.29. The summed E-state index contributed by atoms with van der Waals surface area (Å²) >= 11 is 0. The Bertz CT molecular complexity index is 290. The molecule has 1 atom stereocenters. The fraction of sp³-hybridized carbons (Fsp3) is 1.00. The van der Waals surface area contributed by atoms with Gasteiger partial charge in [0.1, 0.15) is 0 Å². The van der Waals surface area contributed by atoms with E-state index in [4.69, 9.17) is 0 Å². The van der Waals surface area contributed by atoms with E-state index in [0.29, 0.717) is 6.54 Å². The zero-order valence-corrected chi connectivity index (χ0v) is 11.2. The Morgan fingerprint density at radius 3 is 2.53 bits per heavy atom. The van der Waals surface area contributed by atoms with Crippen LogP contribution in [0, 0.1) is 5.41 Å². The van der Waals surface area contributed by atoms with Crippen molar-refractivity contribution in [3.05, 3.63) is 0 Å². The molecular formula is C9H21ClN2O2S. The molecule has 4 nitrogen and oxygen atoms in total. The quantitative estimate of drug-likeness (QED) is 0.783. The minimum absolute atomic E-state index is 0. The second-order valence-corrected chi connectivity index (χ2v) is 6.55. The lowest BCUT2D eigenvalue weighted by molar-refractivity contribution is 0.182. The van der Waals surface area contributed by atoms with Crippen molar-refractivity contribution in [3.63, 3.8) is 0 Å². The molecule has 1 rings (SSSR count). The standard InChI is InChI=1S/C9H20N2O2S.ClH/c1-9(2)5-4-6-10-8(9)7-11-14(3,12)13;/h8,10-11H,4-7H2,1-3H3;1H. The van der Waals surface area contributed by atoms with Crippen LogP contribution in [-0.4, -0.2) is 33.8 Å². The number of sulfonamides is 1. The minimum Gasteiger partial charge on any atom is -0.312 e. The Labute approximate surface area is 98.7 Å². The normalized spacial score (nSPS) is 25.7. The predicted octanol–water partition coefficient (Wildman–Crippen LogP) is 0.736. The van der Waals surface area contributed by atoms with Crippen molar-refractivity contribution >= 4 is 22.4 Å². The Morgan fingerprint density at radius 2 is 2.07 bits per heavy atom. The molecule has 0 saturated carbocycles. The van der Waals surface area contributed by atoms with Gasteiger partial charge in [-0.2, -0.15) is 0 Å². The first kappa shape index (κ1) is 15.2. The third-order valence-electron chi connectivity index (χ3n) is 2.88. The number of rotatable bonds is 3. The van der Waals surface area contributed by atoms with Crippen molar-refractivity contribution < 1.29 is 8.42 Å². The Balaban J connectivity index is 0.00000196. The number of halogens is 1. The molecule has 1 aliphatic heterocycles. The molecule has 1 unspecified atom stereocenters. The average molecular weight is 257 g/mol. The number of piperidine rings is 1. The van der Waals surface area contributed by atoms with Crippen LogP contribution in [0.15, 0.2) is 0 Å². The van der Waals surface area contributed by atoms with Crippen LogP contribution in [0.25, 0.3) is 0 Å². The molecular weight excluding hydrogens is 236 g/mol. The molecule has 6 heteroatoms. The van der Waals surface area contributed by atoms with Gasteiger partial charge in [-0.25, -0.2) is 13.1 Å². The molecule has 1 aliphatic rings. The van der Waals surface area contributed by atoms with Crippen molar-refractivity contribution in [3.8, 4) is 0 Å². The van der Waals surface area contributed by atoms with Crippen LogP contribution in [0.5, 0.6) is 0 Å². The maximum absolute atomic E-state index is 10.9. The second kappa shape index (κ2) is 5.48. The average Bonchev–Trinajstić information content (AvgIpc) is 2.00. The molecule has 1 saturated heterocycles. The maximum atomic E-state index is 10.9. The third kappa shape index (κ3) is 5.15. The summed E-state index contributed by atoms with van der Waals surface area (Å²) < 4.78 is 24.4. The molecule has 0 spiro atoms. The molecule has 1 fully saturated rings. The summed E-state index contributed by atoms with van der Waals surface area (Å²) in [5.41, 5.74) is 0.177. The first-order valence-corrected chi connectivity index (χ1v) is 6.88. The lowest BCUT2D eigenvalue weighted by atomic mass is 9.78. The van der Waals surface area contributed by atoms with Crippen LogP contribution in [-0.2, 0) is 10.0 Å². The Kier molecular flexibility index (Phi) is 5.54. The maximum Gasteiger partial charge on any atom is 0.208 e. The summed E-state index contributed by atoms with van der Waals surface area (Å²) in [6.45, 7) is 5.83. The third-order valence-corrected chi connectivity index (χ3v) is 3.57. The molecule has 1 heterocycles. The van der Waals surface area contributed by atoms with Gasteiger partial charge in [-0.3, -0.25) is 0 Å². The smallest absolute Gasteiger partial charge is 0.208 e. The monoisotopic (exact) mass is 256 g/mol. The SMILES string of the molecule is CC1(C)CCCNC1CNS(C)(=O)=O.Cl. The highest BCUT2D eigenvalue weighted by molar-refractivity contribution is 7.88. The molecule has 0 bridgehead atoms. The van der Waals surface area contributed by atoms with Gasteiger partial charge in [0.15, 0.2) is 0 Å². The molecule has 0 aliphatic carbocycles. The number of hydrogen-bond donors (Lipinski definition) is 2. The Morgan fingerprint density at radius 1 is 1.47 bits per heavy atom. The second-order valence-electron chi connectivity index (χ2n) is 4.72. The molecule has 15 heavy (non-hydrogen) atoms. The van der Waals surface area contributed by atoms with Gasteiger partial charge < -0.3 is 5.32 Å². The molecule has 0 aromatic heterocycles. The first-order chi connectivity index (χ1) is 6.31. The van der Waals surface area contributed by atoms with E-state index in [9.17, 15) is 8.42 Å². The van der Waals surface area contributed by atoms with Crippen molar-refractivity contribution in [2.45, 2.75) is 32.7 Å². The number of hydrogen-bond acceptors (Lipinski definition) is 3. The van der Waals surface area contributed by atoms with E-state index in [1.165, 1.54) is 12.7 Å². The van der Waals surface area contributed by atoms with Gasteiger partial charge in [-0.05, 0) is 24.8 Å². The van der Waals surface area contributed by atoms with Gasteiger partial charge in [0, 0.05) is 12.6 Å². The van der Waals surface area contributed by atoms with Gasteiger partial charge in [0.2, 0.25) is 10.0 Å². The van der Waals surface area contributed by atoms with Crippen LogP contribution in [0.2, 0.25) is 0 Å². The molecule has 0 aromatic rings. The van der Waals surface area contributed by atoms with Gasteiger partial charge in [0.25, 0.3) is 0 Å². The topological polar surface area (TPSA) is 58.2 Å². The van der Waals surface area contributed by atoms with Crippen molar-refractivity contribution in [2.24, 2.45) is 5.41 Å². The summed E-state index contributed by atoms with van der Waals surface area (Å²) in [4.78, 5) is 0. The zero-order valence-electron chi connectivity index (χ0n) is 9.54. The van der Waals surface area contributed by atoms with Crippen LogP contribution in [0.4, 0.5) is 0 Å². The molecule has 0 aromatic carbocycles. The zero-order chi connectivity index (χ0) is 10.8. The van der Waals surface area contributed by atoms with E-state index in [-0.39, 0.29) is 23.9 Å². The van der Waals surface area contributed by atoms with E-state index < -0.39 is 10.0 Å². The van der Waals surface area contributed by atoms with E-state index in [1.807, 2.05) is 0 Å². The van der Waals surface area contributed by atoms with Gasteiger partial charge >= 0.3 is 0 Å². The minimum atomic E-state index is -3.06. The van der Waals surface area contributed by atoms with Crippen LogP contribution in [0.3, 0.4) is 0 Å². The molecule has 0 amide bonds. The van der Waals surface area contributed by atoms with E-state index in [1.54, 1.807) is 0 Å². The Hall–Kier alpha value is 0.160. The molecule has 92 valence electrons. The summed E-state index contributed by atoms with van der Waals surface area (Å²) in [7, 11) is -3.06. The highest BCUT2D eigenvalue weighted by Gasteiger charge is 2.31. The lowest BCUT2D eigenvalue weighted by Crippen LogP contribution is -2.52. The fourth-order valence-corrected chi connectivity index (χ4v) is 2.32. The van der Waals surface area contributed by atoms with Crippen LogP contribution in [0.1, 0.15) is 26.7 Å². The van der Waals surface area contributed by atoms with Crippen molar-refractivity contribution in [2.75, 3.05) is 19.3 Å². The fourth-order valence-electron chi connectivity index (χ4n) is 1.85. The highest BCUT2D eigenvalue weighted by atomic mass is 35.5. The van der Waals surface area contributed by atoms with E-state index in [2.05, 4.69) is 23.9 Å². The summed E-state index contributed by atoms with van der Waals surface area (Å²) in [5, 5.41) is 3.36. The van der Waals surface area contributed by atoms with Crippen molar-refractivity contribution in [1.82, 2.24) is 10.0 Å². The summed E-state index contributed by atoms with van der Waals surface area (Å²) in [5.74, 6) is 0. The molecule has 0 radical (unpaired) electrons. The largest absolute Gasteiger partial charge is 0.312 e. The summed E-state index contributed by atoms with van der Waals surface area (Å²) in [6.07, 6.45) is 3.52. The molecule has 2 N–H and O–H groups in total.